The summed E-state index contributed by atoms with van der Waals surface area (Å²) in [6.45, 7) is 4.60. The summed E-state index contributed by atoms with van der Waals surface area (Å²) >= 11 is 12.0. The fraction of sp³-hybridized carbons (Fsp3) is 0.217. The number of amides is 2. The third-order valence-electron chi connectivity index (χ3n) is 5.25. The van der Waals surface area contributed by atoms with E-state index in [1.54, 1.807) is 37.3 Å². The van der Waals surface area contributed by atoms with Crippen molar-refractivity contribution < 1.29 is 14.0 Å². The Kier molecular flexibility index (Phi) is 6.20. The van der Waals surface area contributed by atoms with E-state index in [0.717, 1.165) is 24.3 Å². The van der Waals surface area contributed by atoms with Crippen LogP contribution in [-0.2, 0) is 4.79 Å². The van der Waals surface area contributed by atoms with Crippen LogP contribution in [-0.4, -0.2) is 42.9 Å². The summed E-state index contributed by atoms with van der Waals surface area (Å²) in [6, 6.07) is 16.1. The molecular formula is C23H21Cl2N3O3. The van der Waals surface area contributed by atoms with Crippen LogP contribution in [0.4, 0.5) is 11.4 Å². The molecule has 1 fully saturated rings. The number of rotatable bonds is 4. The van der Waals surface area contributed by atoms with Crippen molar-refractivity contribution in [3.05, 3.63) is 70.4 Å². The third kappa shape index (κ3) is 4.86. The molecule has 2 heterocycles. The highest BCUT2D eigenvalue weighted by atomic mass is 35.5. The molecule has 0 saturated carbocycles. The Hall–Kier alpha value is -2.96. The molecule has 1 N–H and O–H groups in total. The van der Waals surface area contributed by atoms with Gasteiger partial charge in [-0.05, 0) is 54.6 Å². The summed E-state index contributed by atoms with van der Waals surface area (Å²) in [5.74, 6) is 0.501. The van der Waals surface area contributed by atoms with Crippen LogP contribution in [0.25, 0.3) is 11.3 Å². The van der Waals surface area contributed by atoms with E-state index in [0.29, 0.717) is 34.6 Å². The number of furan rings is 1. The maximum absolute atomic E-state index is 12.6. The molecule has 3 aromatic rings. The number of nitrogens with one attached hydrogen (secondary N) is 1. The Bertz CT molecular complexity index is 1100. The number of hydrogen-bond acceptors (Lipinski definition) is 4. The van der Waals surface area contributed by atoms with Gasteiger partial charge < -0.3 is 19.5 Å². The van der Waals surface area contributed by atoms with E-state index >= 15 is 0 Å². The Labute approximate surface area is 190 Å². The first-order chi connectivity index (χ1) is 14.9. The monoisotopic (exact) mass is 457 g/mol. The van der Waals surface area contributed by atoms with Crippen molar-refractivity contribution in [1.29, 1.82) is 0 Å². The second-order valence-electron chi connectivity index (χ2n) is 7.29. The van der Waals surface area contributed by atoms with Gasteiger partial charge in [0, 0.05) is 50.0 Å². The molecule has 8 heteroatoms. The van der Waals surface area contributed by atoms with E-state index in [2.05, 4.69) is 10.2 Å². The van der Waals surface area contributed by atoms with Crippen molar-refractivity contribution in [2.24, 2.45) is 0 Å². The first-order valence-electron chi connectivity index (χ1n) is 9.88. The van der Waals surface area contributed by atoms with Crippen LogP contribution < -0.4 is 10.2 Å². The fourth-order valence-corrected chi connectivity index (χ4v) is 3.79. The minimum atomic E-state index is -0.339. The van der Waals surface area contributed by atoms with Gasteiger partial charge in [-0.3, -0.25) is 9.59 Å². The SMILES string of the molecule is CC(=O)N1CCN(c2ccc(NC(=O)c3ccc(-c4ccc(Cl)c(Cl)c4)o3)cc2)CC1. The largest absolute Gasteiger partial charge is 0.451 e. The van der Waals surface area contributed by atoms with Gasteiger partial charge in [0.15, 0.2) is 5.76 Å². The normalized spacial score (nSPS) is 13.9. The van der Waals surface area contributed by atoms with Crippen LogP contribution in [0.5, 0.6) is 0 Å². The Balaban J connectivity index is 1.38. The highest BCUT2D eigenvalue weighted by Crippen LogP contribution is 2.30. The molecule has 1 aliphatic rings. The molecule has 6 nitrogen and oxygen atoms in total. The fourth-order valence-electron chi connectivity index (χ4n) is 3.49. The second-order valence-corrected chi connectivity index (χ2v) is 8.10. The standard InChI is InChI=1S/C23H21Cl2N3O3/c1-15(29)27-10-12-28(13-11-27)18-5-3-17(4-6-18)26-23(30)22-9-8-21(31-22)16-2-7-19(24)20(25)14-16/h2-9,14H,10-13H2,1H3,(H,26,30). The summed E-state index contributed by atoms with van der Waals surface area (Å²) < 4.78 is 5.69. The van der Waals surface area contributed by atoms with Gasteiger partial charge in [-0.1, -0.05) is 23.2 Å². The topological polar surface area (TPSA) is 65.8 Å². The minimum Gasteiger partial charge on any atom is -0.451 e. The maximum atomic E-state index is 12.6. The molecule has 1 aromatic heterocycles. The zero-order chi connectivity index (χ0) is 22.0. The van der Waals surface area contributed by atoms with Crippen LogP contribution in [0.15, 0.2) is 59.0 Å². The van der Waals surface area contributed by atoms with E-state index < -0.39 is 0 Å². The number of benzene rings is 2. The number of anilines is 2. The van der Waals surface area contributed by atoms with E-state index in [1.165, 1.54) is 0 Å². The third-order valence-corrected chi connectivity index (χ3v) is 5.99. The predicted molar refractivity (Wildman–Crippen MR) is 123 cm³/mol. The number of carbonyl (C=O) groups is 2. The van der Waals surface area contributed by atoms with Crippen molar-refractivity contribution in [3.8, 4) is 11.3 Å². The van der Waals surface area contributed by atoms with Crippen molar-refractivity contribution in [2.45, 2.75) is 6.92 Å². The van der Waals surface area contributed by atoms with Crippen LogP contribution in [0.3, 0.4) is 0 Å². The lowest BCUT2D eigenvalue weighted by Crippen LogP contribution is -2.48. The van der Waals surface area contributed by atoms with Crippen LogP contribution >= 0.6 is 23.2 Å². The molecule has 0 unspecified atom stereocenters. The van der Waals surface area contributed by atoms with Gasteiger partial charge >= 0.3 is 0 Å². The van der Waals surface area contributed by atoms with Crippen molar-refractivity contribution in [1.82, 2.24) is 4.90 Å². The Morgan fingerprint density at radius 1 is 0.903 bits per heavy atom. The summed E-state index contributed by atoms with van der Waals surface area (Å²) in [5, 5.41) is 3.72. The van der Waals surface area contributed by atoms with E-state index in [1.807, 2.05) is 29.2 Å². The maximum Gasteiger partial charge on any atom is 0.291 e. The summed E-state index contributed by atoms with van der Waals surface area (Å²) in [4.78, 5) is 28.1. The molecule has 1 aliphatic heterocycles. The molecular weight excluding hydrogens is 437 g/mol. The van der Waals surface area contributed by atoms with Crippen LogP contribution in [0, 0.1) is 0 Å². The van der Waals surface area contributed by atoms with Gasteiger partial charge in [0.25, 0.3) is 5.91 Å². The van der Waals surface area contributed by atoms with Gasteiger partial charge in [-0.2, -0.15) is 0 Å². The van der Waals surface area contributed by atoms with E-state index in [4.69, 9.17) is 27.6 Å². The average Bonchev–Trinajstić information content (AvgIpc) is 3.27. The molecule has 160 valence electrons. The zero-order valence-electron chi connectivity index (χ0n) is 16.9. The highest BCUT2D eigenvalue weighted by molar-refractivity contribution is 6.42. The number of hydrogen-bond donors (Lipinski definition) is 1. The molecule has 4 rings (SSSR count). The second kappa shape index (κ2) is 9.04. The van der Waals surface area contributed by atoms with Crippen molar-refractivity contribution >= 4 is 46.4 Å². The van der Waals surface area contributed by atoms with Crippen LogP contribution in [0.2, 0.25) is 10.0 Å². The van der Waals surface area contributed by atoms with Gasteiger partial charge in [-0.25, -0.2) is 0 Å². The number of nitrogens with zero attached hydrogens (tertiary/aromatic N) is 2. The predicted octanol–water partition coefficient (Wildman–Crippen LogP) is 5.17. The number of piperazine rings is 1. The molecule has 31 heavy (non-hydrogen) atoms. The quantitative estimate of drug-likeness (QED) is 0.586. The number of carbonyl (C=O) groups excluding carboxylic acids is 2. The first-order valence-corrected chi connectivity index (χ1v) is 10.6. The molecule has 2 amide bonds. The Morgan fingerprint density at radius 2 is 1.61 bits per heavy atom. The summed E-state index contributed by atoms with van der Waals surface area (Å²) in [7, 11) is 0. The molecule has 0 aliphatic carbocycles. The number of halogens is 2. The average molecular weight is 458 g/mol. The highest BCUT2D eigenvalue weighted by Gasteiger charge is 2.19. The summed E-state index contributed by atoms with van der Waals surface area (Å²) in [6.07, 6.45) is 0. The summed E-state index contributed by atoms with van der Waals surface area (Å²) in [5.41, 5.74) is 2.47. The van der Waals surface area contributed by atoms with Crippen molar-refractivity contribution in [3.63, 3.8) is 0 Å². The zero-order valence-corrected chi connectivity index (χ0v) is 18.4. The lowest BCUT2D eigenvalue weighted by Gasteiger charge is -2.35. The minimum absolute atomic E-state index is 0.109. The van der Waals surface area contributed by atoms with Gasteiger partial charge in [0.05, 0.1) is 10.0 Å². The smallest absolute Gasteiger partial charge is 0.291 e. The molecule has 0 spiro atoms. The molecule has 1 saturated heterocycles. The van der Waals surface area contributed by atoms with Gasteiger partial charge in [0.1, 0.15) is 5.76 Å². The lowest BCUT2D eigenvalue weighted by molar-refractivity contribution is -0.129. The van der Waals surface area contributed by atoms with Gasteiger partial charge in [-0.15, -0.1) is 0 Å². The van der Waals surface area contributed by atoms with Gasteiger partial charge in [0.2, 0.25) is 5.91 Å². The van der Waals surface area contributed by atoms with Crippen LogP contribution in [0.1, 0.15) is 17.5 Å². The molecule has 0 radical (unpaired) electrons. The first kappa shape index (κ1) is 21.3. The van der Waals surface area contributed by atoms with Crippen molar-refractivity contribution in [2.75, 3.05) is 36.4 Å². The molecule has 0 bridgehead atoms. The molecule has 2 aromatic carbocycles. The lowest BCUT2D eigenvalue weighted by atomic mass is 10.2. The van der Waals surface area contributed by atoms with E-state index in [-0.39, 0.29) is 17.6 Å². The molecule has 0 atom stereocenters. The Morgan fingerprint density at radius 3 is 2.26 bits per heavy atom. The van der Waals surface area contributed by atoms with E-state index in [9.17, 15) is 9.59 Å².